The fourth-order valence-corrected chi connectivity index (χ4v) is 1.38. The van der Waals surface area contributed by atoms with Crippen LogP contribution in [0, 0.1) is 25.7 Å². The van der Waals surface area contributed by atoms with Crippen molar-refractivity contribution in [2.24, 2.45) is 0 Å². The first-order valence-electron chi connectivity index (χ1n) is 4.98. The second kappa shape index (κ2) is 5.43. The van der Waals surface area contributed by atoms with Crippen molar-refractivity contribution in [1.82, 2.24) is 5.32 Å². The van der Waals surface area contributed by atoms with Crippen molar-refractivity contribution in [3.05, 3.63) is 28.8 Å². The predicted molar refractivity (Wildman–Crippen MR) is 63.3 cm³/mol. The largest absolute Gasteiger partial charge is 0.495 e. The van der Waals surface area contributed by atoms with Gasteiger partial charge in [0.1, 0.15) is 5.75 Å². The molecule has 0 bridgehead atoms. The van der Waals surface area contributed by atoms with Crippen LogP contribution in [0.25, 0.3) is 0 Å². The Bertz CT molecular complexity index is 399. The molecule has 0 aliphatic rings. The highest BCUT2D eigenvalue weighted by molar-refractivity contribution is 5.53. The van der Waals surface area contributed by atoms with E-state index in [2.05, 4.69) is 37.1 Å². The van der Waals surface area contributed by atoms with E-state index in [9.17, 15) is 0 Å². The summed E-state index contributed by atoms with van der Waals surface area (Å²) in [5.41, 5.74) is 3.34. The summed E-state index contributed by atoms with van der Waals surface area (Å²) >= 11 is 0. The Morgan fingerprint density at radius 3 is 2.67 bits per heavy atom. The Balaban J connectivity index is 3.09. The molecule has 0 aromatic heterocycles. The summed E-state index contributed by atoms with van der Waals surface area (Å²) in [6.45, 7) is 4.82. The van der Waals surface area contributed by atoms with E-state index < -0.39 is 0 Å². The van der Waals surface area contributed by atoms with Crippen LogP contribution < -0.4 is 10.1 Å². The number of nitrogens with one attached hydrogen (secondary N) is 1. The Hall–Kier alpha value is -1.46. The molecule has 1 aromatic carbocycles. The number of aryl methyl sites for hydroxylation is 1. The van der Waals surface area contributed by atoms with Crippen LogP contribution in [-0.2, 0) is 0 Å². The number of hydrogen-bond acceptors (Lipinski definition) is 2. The Kier molecular flexibility index (Phi) is 4.20. The summed E-state index contributed by atoms with van der Waals surface area (Å²) < 4.78 is 5.36. The van der Waals surface area contributed by atoms with E-state index in [0.29, 0.717) is 6.54 Å². The molecule has 0 saturated heterocycles. The molecule has 0 amide bonds. The summed E-state index contributed by atoms with van der Waals surface area (Å²) in [6, 6.07) is 4.07. The first-order chi connectivity index (χ1) is 7.20. The van der Waals surface area contributed by atoms with Crippen LogP contribution in [0.4, 0.5) is 0 Å². The molecule has 2 heteroatoms. The van der Waals surface area contributed by atoms with E-state index >= 15 is 0 Å². The molecule has 0 fully saturated rings. The van der Waals surface area contributed by atoms with Crippen LogP contribution in [0.15, 0.2) is 12.1 Å². The maximum absolute atomic E-state index is 5.36. The van der Waals surface area contributed by atoms with E-state index in [4.69, 9.17) is 4.74 Å². The third kappa shape index (κ3) is 2.74. The quantitative estimate of drug-likeness (QED) is 0.741. The average Bonchev–Trinajstić information content (AvgIpc) is 2.24. The highest BCUT2D eigenvalue weighted by atomic mass is 16.5. The van der Waals surface area contributed by atoms with Crippen LogP contribution in [-0.4, -0.2) is 20.7 Å². The molecule has 0 aliphatic heterocycles. The van der Waals surface area contributed by atoms with E-state index in [1.807, 2.05) is 13.1 Å². The van der Waals surface area contributed by atoms with Crippen LogP contribution in [0.3, 0.4) is 0 Å². The van der Waals surface area contributed by atoms with Gasteiger partial charge in [-0.1, -0.05) is 17.9 Å². The molecule has 80 valence electrons. The van der Waals surface area contributed by atoms with Crippen molar-refractivity contribution in [2.45, 2.75) is 13.8 Å². The molecule has 0 saturated carbocycles. The first-order valence-corrected chi connectivity index (χ1v) is 4.98. The van der Waals surface area contributed by atoms with Gasteiger partial charge in [0.15, 0.2) is 0 Å². The second-order valence-corrected chi connectivity index (χ2v) is 3.42. The number of methoxy groups -OCH3 is 1. The summed E-state index contributed by atoms with van der Waals surface area (Å²) in [5, 5.41) is 2.99. The van der Waals surface area contributed by atoms with E-state index in [1.54, 1.807) is 7.11 Å². The summed E-state index contributed by atoms with van der Waals surface area (Å²) in [7, 11) is 3.57. The van der Waals surface area contributed by atoms with Gasteiger partial charge in [-0.15, -0.1) is 0 Å². The monoisotopic (exact) mass is 203 g/mol. The van der Waals surface area contributed by atoms with Gasteiger partial charge in [-0.3, -0.25) is 0 Å². The van der Waals surface area contributed by atoms with Crippen molar-refractivity contribution in [2.75, 3.05) is 20.7 Å². The van der Waals surface area contributed by atoms with Crippen molar-refractivity contribution in [3.63, 3.8) is 0 Å². The average molecular weight is 203 g/mol. The fraction of sp³-hybridized carbons (Fsp3) is 0.385. The Morgan fingerprint density at radius 1 is 1.33 bits per heavy atom. The zero-order valence-electron chi connectivity index (χ0n) is 9.77. The van der Waals surface area contributed by atoms with E-state index in [1.165, 1.54) is 5.56 Å². The smallest absolute Gasteiger partial charge is 0.137 e. The SMILES string of the molecule is CNCC#Cc1ccc(C)c(C)c1OC. The topological polar surface area (TPSA) is 21.3 Å². The first kappa shape index (κ1) is 11.6. The summed E-state index contributed by atoms with van der Waals surface area (Å²) in [6.07, 6.45) is 0. The third-order valence-electron chi connectivity index (χ3n) is 2.37. The normalized spacial score (nSPS) is 9.33. The summed E-state index contributed by atoms with van der Waals surface area (Å²) in [5.74, 6) is 7.01. The van der Waals surface area contributed by atoms with Crippen molar-refractivity contribution in [1.29, 1.82) is 0 Å². The molecule has 2 nitrogen and oxygen atoms in total. The molecule has 1 rings (SSSR count). The van der Waals surface area contributed by atoms with Gasteiger partial charge in [-0.05, 0) is 38.1 Å². The van der Waals surface area contributed by atoms with Gasteiger partial charge in [0.2, 0.25) is 0 Å². The number of ether oxygens (including phenoxy) is 1. The maximum Gasteiger partial charge on any atom is 0.137 e. The van der Waals surface area contributed by atoms with Gasteiger partial charge in [0, 0.05) is 0 Å². The Morgan fingerprint density at radius 2 is 2.07 bits per heavy atom. The van der Waals surface area contributed by atoms with E-state index in [-0.39, 0.29) is 0 Å². The van der Waals surface area contributed by atoms with Crippen molar-refractivity contribution >= 4 is 0 Å². The lowest BCUT2D eigenvalue weighted by Crippen LogP contribution is -2.04. The van der Waals surface area contributed by atoms with Gasteiger partial charge in [0.25, 0.3) is 0 Å². The van der Waals surface area contributed by atoms with Crippen molar-refractivity contribution < 1.29 is 4.74 Å². The van der Waals surface area contributed by atoms with Crippen LogP contribution in [0.1, 0.15) is 16.7 Å². The summed E-state index contributed by atoms with van der Waals surface area (Å²) in [4.78, 5) is 0. The lowest BCUT2D eigenvalue weighted by atomic mass is 10.0. The standard InChI is InChI=1S/C13H17NO/c1-10-7-8-12(6-5-9-14-3)13(15-4)11(10)2/h7-8,14H,9H2,1-4H3. The third-order valence-corrected chi connectivity index (χ3v) is 2.37. The van der Waals surface area contributed by atoms with Gasteiger partial charge in [-0.2, -0.15) is 0 Å². The molecule has 0 unspecified atom stereocenters. The van der Waals surface area contributed by atoms with Gasteiger partial charge in [0.05, 0.1) is 19.2 Å². The van der Waals surface area contributed by atoms with Gasteiger partial charge < -0.3 is 10.1 Å². The lowest BCUT2D eigenvalue weighted by molar-refractivity contribution is 0.410. The number of benzene rings is 1. The molecule has 0 atom stereocenters. The second-order valence-electron chi connectivity index (χ2n) is 3.42. The van der Waals surface area contributed by atoms with Crippen LogP contribution in [0.2, 0.25) is 0 Å². The molecule has 0 aliphatic carbocycles. The molecule has 1 N–H and O–H groups in total. The lowest BCUT2D eigenvalue weighted by Gasteiger charge is -2.09. The minimum atomic E-state index is 0.691. The number of rotatable bonds is 2. The van der Waals surface area contributed by atoms with Crippen LogP contribution in [0.5, 0.6) is 5.75 Å². The maximum atomic E-state index is 5.36. The van der Waals surface area contributed by atoms with Crippen molar-refractivity contribution in [3.8, 4) is 17.6 Å². The molecule has 15 heavy (non-hydrogen) atoms. The minimum Gasteiger partial charge on any atom is -0.495 e. The van der Waals surface area contributed by atoms with Crippen LogP contribution >= 0.6 is 0 Å². The van der Waals surface area contributed by atoms with E-state index in [0.717, 1.165) is 16.9 Å². The zero-order valence-corrected chi connectivity index (χ0v) is 9.77. The molecular weight excluding hydrogens is 186 g/mol. The fourth-order valence-electron chi connectivity index (χ4n) is 1.38. The highest BCUT2D eigenvalue weighted by Gasteiger charge is 2.05. The highest BCUT2D eigenvalue weighted by Crippen LogP contribution is 2.25. The number of hydrogen-bond donors (Lipinski definition) is 1. The van der Waals surface area contributed by atoms with Gasteiger partial charge in [-0.25, -0.2) is 0 Å². The van der Waals surface area contributed by atoms with Gasteiger partial charge >= 0.3 is 0 Å². The minimum absolute atomic E-state index is 0.691. The molecule has 0 heterocycles. The molecule has 0 spiro atoms. The Labute approximate surface area is 91.6 Å². The molecular formula is C13H17NO. The predicted octanol–water partition coefficient (Wildman–Crippen LogP) is 1.88. The molecule has 0 radical (unpaired) electrons. The zero-order chi connectivity index (χ0) is 11.3. The molecule has 1 aromatic rings.